The average Bonchev–Trinajstić information content (AvgIpc) is 3.47. The molecule has 4 N–H and O–H groups in total. The molecule has 0 radical (unpaired) electrons. The van der Waals surface area contributed by atoms with Crippen molar-refractivity contribution in [2.24, 2.45) is 35.5 Å². The van der Waals surface area contributed by atoms with E-state index in [0.29, 0.717) is 32.5 Å². The molecule has 2 saturated heterocycles. The van der Waals surface area contributed by atoms with Crippen LogP contribution in [0, 0.1) is 35.5 Å². The quantitative estimate of drug-likeness (QED) is 0.0701. The predicted octanol–water partition coefficient (Wildman–Crippen LogP) is 5.06. The standard InChI is InChI=1S/C40H62B2N4O6/c1-29(31-19-11-9-12-20-31)27-35-36(40(50)46(39(35)49)26-18-8-6-16-24-44-42(4)52)34(32-21-13-10-14-22-32)28-33-30(2)37(47)45(38(33)48)25-17-7-5-15-23-43-41(3)51/h9-14,19-21,29-30,32-36,43-44,51-52H,5-8,15-18,22-28H2,1-4H3. The predicted molar refractivity (Wildman–Crippen MR) is 208 cm³/mol. The zero-order valence-corrected chi connectivity index (χ0v) is 31.9. The molecule has 52 heavy (non-hydrogen) atoms. The summed E-state index contributed by atoms with van der Waals surface area (Å²) < 4.78 is 0. The molecule has 2 heterocycles. The number of hydrogen-bond acceptors (Lipinski definition) is 8. The van der Waals surface area contributed by atoms with Gasteiger partial charge in [-0.15, -0.1) is 0 Å². The Bertz CT molecular complexity index is 1370. The minimum atomic E-state index is -0.575. The molecule has 12 heteroatoms. The van der Waals surface area contributed by atoms with Crippen LogP contribution in [0.25, 0.3) is 0 Å². The maximum absolute atomic E-state index is 14.6. The van der Waals surface area contributed by atoms with E-state index in [9.17, 15) is 29.2 Å². The van der Waals surface area contributed by atoms with Gasteiger partial charge in [0.05, 0.1) is 17.8 Å². The maximum Gasteiger partial charge on any atom is 0.373 e. The van der Waals surface area contributed by atoms with Gasteiger partial charge in [-0.25, -0.2) is 0 Å². The molecule has 3 aliphatic rings. The average molecular weight is 717 g/mol. The molecule has 7 unspecified atom stereocenters. The Kier molecular flexibility index (Phi) is 16.8. The summed E-state index contributed by atoms with van der Waals surface area (Å²) in [6.07, 6.45) is 16.8. The molecule has 10 nitrogen and oxygen atoms in total. The van der Waals surface area contributed by atoms with E-state index in [2.05, 4.69) is 41.7 Å². The Morgan fingerprint density at radius 3 is 1.85 bits per heavy atom. The number of likely N-dealkylation sites (tertiary alicyclic amines) is 2. The highest BCUT2D eigenvalue weighted by atomic mass is 16.2. The first kappa shape index (κ1) is 41.7. The molecule has 4 amide bonds. The molecular weight excluding hydrogens is 654 g/mol. The Labute approximate surface area is 312 Å². The summed E-state index contributed by atoms with van der Waals surface area (Å²) in [4.78, 5) is 59.4. The van der Waals surface area contributed by atoms with Crippen molar-refractivity contribution in [3.05, 3.63) is 60.2 Å². The van der Waals surface area contributed by atoms with Crippen molar-refractivity contribution in [2.45, 2.75) is 104 Å². The third-order valence-corrected chi connectivity index (χ3v) is 11.4. The van der Waals surface area contributed by atoms with Crippen LogP contribution in [-0.4, -0.2) is 83.8 Å². The van der Waals surface area contributed by atoms with Gasteiger partial charge in [-0.2, -0.15) is 0 Å². The first-order valence-corrected chi connectivity index (χ1v) is 19.9. The van der Waals surface area contributed by atoms with E-state index in [1.165, 1.54) is 9.80 Å². The molecule has 1 aliphatic carbocycles. The minimum absolute atomic E-state index is 0.0259. The topological polar surface area (TPSA) is 139 Å². The maximum atomic E-state index is 14.6. The smallest absolute Gasteiger partial charge is 0.373 e. The van der Waals surface area contributed by atoms with Gasteiger partial charge in [-0.05, 0) is 95.0 Å². The second-order valence-electron chi connectivity index (χ2n) is 15.4. The largest absolute Gasteiger partial charge is 0.437 e. The van der Waals surface area contributed by atoms with Crippen molar-refractivity contribution in [3.63, 3.8) is 0 Å². The van der Waals surface area contributed by atoms with Gasteiger partial charge in [0.15, 0.2) is 0 Å². The highest BCUT2D eigenvalue weighted by molar-refractivity contribution is 6.45. The van der Waals surface area contributed by atoms with Crippen LogP contribution in [0.4, 0.5) is 0 Å². The van der Waals surface area contributed by atoms with Gasteiger partial charge in [-0.1, -0.05) is 94.2 Å². The summed E-state index contributed by atoms with van der Waals surface area (Å²) in [5, 5.41) is 24.9. The fourth-order valence-corrected chi connectivity index (χ4v) is 8.45. The zero-order chi connectivity index (χ0) is 37.6. The SMILES string of the molecule is CB(O)NCCCCCCN1C(=O)C(C)C(CC(C2C=CC=CC2)C2C(=O)N(CCCCCCNB(C)O)C(=O)C2CC(C)c2ccccc2)C1=O. The van der Waals surface area contributed by atoms with Gasteiger partial charge in [0.25, 0.3) is 0 Å². The van der Waals surface area contributed by atoms with Crippen molar-refractivity contribution in [3.8, 4) is 0 Å². The zero-order valence-electron chi connectivity index (χ0n) is 31.9. The number of hydrogen-bond donors (Lipinski definition) is 4. The van der Waals surface area contributed by atoms with Crippen LogP contribution in [0.3, 0.4) is 0 Å². The van der Waals surface area contributed by atoms with Gasteiger partial charge >= 0.3 is 14.1 Å². The summed E-state index contributed by atoms with van der Waals surface area (Å²) >= 11 is 0. The van der Waals surface area contributed by atoms with Crippen molar-refractivity contribution < 1.29 is 29.2 Å². The molecule has 4 rings (SSSR count). The number of unbranched alkanes of at least 4 members (excludes halogenated alkanes) is 6. The Morgan fingerprint density at radius 1 is 0.731 bits per heavy atom. The van der Waals surface area contributed by atoms with Crippen LogP contribution < -0.4 is 10.5 Å². The Balaban J connectivity index is 1.51. The molecule has 2 fully saturated rings. The van der Waals surface area contributed by atoms with E-state index in [-0.39, 0.29) is 41.4 Å². The minimum Gasteiger partial charge on any atom is -0.437 e. The highest BCUT2D eigenvalue weighted by Gasteiger charge is 2.54. The lowest BCUT2D eigenvalue weighted by molar-refractivity contribution is -0.142. The number of carbonyl (C=O) groups excluding carboxylic acids is 4. The van der Waals surface area contributed by atoms with Crippen molar-refractivity contribution in [1.29, 1.82) is 0 Å². The summed E-state index contributed by atoms with van der Waals surface area (Å²) in [5.41, 5.74) is 1.13. The molecule has 0 bridgehead atoms. The lowest BCUT2D eigenvalue weighted by Crippen LogP contribution is -2.37. The fraction of sp³-hybridized carbons (Fsp3) is 0.650. The first-order chi connectivity index (χ1) is 25.0. The number of nitrogens with zero attached hydrogens (tertiary/aromatic N) is 2. The van der Waals surface area contributed by atoms with E-state index in [4.69, 9.17) is 0 Å². The van der Waals surface area contributed by atoms with Crippen molar-refractivity contribution >= 4 is 37.7 Å². The third kappa shape index (κ3) is 11.5. The second-order valence-corrected chi connectivity index (χ2v) is 15.4. The number of carbonyl (C=O) groups is 4. The van der Waals surface area contributed by atoms with Crippen molar-refractivity contribution in [1.82, 2.24) is 20.3 Å². The summed E-state index contributed by atoms with van der Waals surface area (Å²) in [5.74, 6) is -2.88. The molecule has 0 spiro atoms. The lowest BCUT2D eigenvalue weighted by atomic mass is 9.67. The fourth-order valence-electron chi connectivity index (χ4n) is 8.45. The number of benzene rings is 1. The van der Waals surface area contributed by atoms with Crippen LogP contribution in [0.2, 0.25) is 13.6 Å². The number of imide groups is 2. The van der Waals surface area contributed by atoms with Gasteiger partial charge in [0.2, 0.25) is 23.6 Å². The molecule has 1 aromatic carbocycles. The van der Waals surface area contributed by atoms with Gasteiger partial charge in [0.1, 0.15) is 0 Å². The molecule has 2 aliphatic heterocycles. The van der Waals surface area contributed by atoms with E-state index in [0.717, 1.165) is 69.9 Å². The second kappa shape index (κ2) is 21.0. The monoisotopic (exact) mass is 716 g/mol. The summed E-state index contributed by atoms with van der Waals surface area (Å²) in [7, 11) is -1.08. The van der Waals surface area contributed by atoms with Crippen LogP contribution in [0.5, 0.6) is 0 Å². The number of nitrogens with one attached hydrogen (secondary N) is 2. The van der Waals surface area contributed by atoms with Crippen LogP contribution in [0.1, 0.15) is 96.0 Å². The molecule has 0 saturated carbocycles. The van der Waals surface area contributed by atoms with E-state index < -0.39 is 37.8 Å². The molecule has 284 valence electrons. The van der Waals surface area contributed by atoms with E-state index in [1.54, 1.807) is 13.6 Å². The van der Waals surface area contributed by atoms with E-state index >= 15 is 0 Å². The van der Waals surface area contributed by atoms with Crippen LogP contribution in [-0.2, 0) is 19.2 Å². The van der Waals surface area contributed by atoms with Crippen LogP contribution in [0.15, 0.2) is 54.6 Å². The Hall–Kier alpha value is -3.05. The van der Waals surface area contributed by atoms with Gasteiger partial charge in [0, 0.05) is 19.0 Å². The molecular formula is C40H62B2N4O6. The lowest BCUT2D eigenvalue weighted by Gasteiger charge is -2.34. The number of rotatable bonds is 23. The number of amides is 4. The molecule has 7 atom stereocenters. The van der Waals surface area contributed by atoms with Crippen molar-refractivity contribution in [2.75, 3.05) is 26.2 Å². The highest BCUT2D eigenvalue weighted by Crippen LogP contribution is 2.47. The first-order valence-electron chi connectivity index (χ1n) is 19.9. The Morgan fingerprint density at radius 2 is 1.29 bits per heavy atom. The summed E-state index contributed by atoms with van der Waals surface area (Å²) in [6.45, 7) is 9.56. The normalized spacial score (nSPS) is 24.3. The van der Waals surface area contributed by atoms with Gasteiger partial charge in [-0.3, -0.25) is 29.0 Å². The van der Waals surface area contributed by atoms with Crippen LogP contribution >= 0.6 is 0 Å². The third-order valence-electron chi connectivity index (χ3n) is 11.4. The summed E-state index contributed by atoms with van der Waals surface area (Å²) in [6, 6.07) is 10.1. The van der Waals surface area contributed by atoms with E-state index in [1.807, 2.05) is 37.3 Å². The molecule has 1 aromatic rings. The molecule has 0 aromatic heterocycles. The number of allylic oxidation sites excluding steroid dienone is 4. The van der Waals surface area contributed by atoms with Gasteiger partial charge < -0.3 is 20.5 Å².